The van der Waals surface area contributed by atoms with Crippen LogP contribution in [0.3, 0.4) is 0 Å². The van der Waals surface area contributed by atoms with E-state index in [1.165, 1.54) is 12.8 Å². The number of nitrogens with one attached hydrogen (secondary N) is 1. The summed E-state index contributed by atoms with van der Waals surface area (Å²) in [6, 6.07) is 12.0. The van der Waals surface area contributed by atoms with Crippen LogP contribution in [0.4, 0.5) is 17.5 Å². The van der Waals surface area contributed by atoms with Crippen LogP contribution in [0.25, 0.3) is 0 Å². The smallest absolute Gasteiger partial charge is 0.227 e. The molecule has 1 aliphatic heterocycles. The normalized spacial score (nSPS) is 14.8. The van der Waals surface area contributed by atoms with Crippen molar-refractivity contribution in [2.24, 2.45) is 0 Å². The van der Waals surface area contributed by atoms with Crippen LogP contribution < -0.4 is 10.2 Å². The van der Waals surface area contributed by atoms with Crippen LogP contribution in [-0.4, -0.2) is 23.1 Å². The minimum Gasteiger partial charge on any atom is -0.341 e. The van der Waals surface area contributed by atoms with Crippen LogP contribution >= 0.6 is 0 Å². The number of anilines is 3. The lowest BCUT2D eigenvalue weighted by atomic mass is 10.3. The Kier molecular flexibility index (Phi) is 3.08. The number of benzene rings is 1. The van der Waals surface area contributed by atoms with E-state index < -0.39 is 0 Å². The highest BCUT2D eigenvalue weighted by Crippen LogP contribution is 2.19. The predicted octanol–water partition coefficient (Wildman–Crippen LogP) is 2.82. The number of para-hydroxylation sites is 1. The zero-order chi connectivity index (χ0) is 12.2. The third-order valence-electron chi connectivity index (χ3n) is 3.08. The topological polar surface area (TPSA) is 41.1 Å². The van der Waals surface area contributed by atoms with Gasteiger partial charge in [0, 0.05) is 25.0 Å². The van der Waals surface area contributed by atoms with Gasteiger partial charge in [-0.15, -0.1) is 0 Å². The predicted molar refractivity (Wildman–Crippen MR) is 73.2 cm³/mol. The van der Waals surface area contributed by atoms with E-state index in [0.717, 1.165) is 30.5 Å². The van der Waals surface area contributed by atoms with Crippen molar-refractivity contribution in [1.82, 2.24) is 9.97 Å². The fourth-order valence-corrected chi connectivity index (χ4v) is 2.16. The second kappa shape index (κ2) is 5.04. The molecule has 2 aromatic rings. The Hall–Kier alpha value is -2.10. The van der Waals surface area contributed by atoms with E-state index in [1.807, 2.05) is 42.6 Å². The van der Waals surface area contributed by atoms with Gasteiger partial charge in [0.2, 0.25) is 5.95 Å². The second-order valence-corrected chi connectivity index (χ2v) is 4.43. The average molecular weight is 240 g/mol. The lowest BCUT2D eigenvalue weighted by Gasteiger charge is -2.15. The maximum Gasteiger partial charge on any atom is 0.227 e. The molecule has 2 heterocycles. The third kappa shape index (κ3) is 2.42. The van der Waals surface area contributed by atoms with Crippen LogP contribution in [0.15, 0.2) is 42.6 Å². The van der Waals surface area contributed by atoms with Gasteiger partial charge in [-0.25, -0.2) is 4.98 Å². The molecule has 0 unspecified atom stereocenters. The van der Waals surface area contributed by atoms with Crippen LogP contribution in [0.2, 0.25) is 0 Å². The van der Waals surface area contributed by atoms with Crippen molar-refractivity contribution in [3.05, 3.63) is 42.6 Å². The lowest BCUT2D eigenvalue weighted by Crippen LogP contribution is -2.20. The fraction of sp³-hybridized carbons (Fsp3) is 0.286. The summed E-state index contributed by atoms with van der Waals surface area (Å²) in [5.41, 5.74) is 1.04. The first-order valence-electron chi connectivity index (χ1n) is 6.32. The maximum absolute atomic E-state index is 4.55. The van der Waals surface area contributed by atoms with Crippen molar-refractivity contribution >= 4 is 17.5 Å². The number of nitrogens with zero attached hydrogens (tertiary/aromatic N) is 3. The Balaban J connectivity index is 1.78. The van der Waals surface area contributed by atoms with Crippen LogP contribution in [-0.2, 0) is 0 Å². The van der Waals surface area contributed by atoms with Gasteiger partial charge in [0.1, 0.15) is 5.82 Å². The van der Waals surface area contributed by atoms with Crippen molar-refractivity contribution in [2.45, 2.75) is 12.8 Å². The van der Waals surface area contributed by atoms with E-state index >= 15 is 0 Å². The maximum atomic E-state index is 4.55. The molecule has 0 amide bonds. The summed E-state index contributed by atoms with van der Waals surface area (Å²) in [5, 5.41) is 3.29. The largest absolute Gasteiger partial charge is 0.341 e. The summed E-state index contributed by atoms with van der Waals surface area (Å²) in [5.74, 6) is 1.67. The molecule has 18 heavy (non-hydrogen) atoms. The van der Waals surface area contributed by atoms with Gasteiger partial charge in [0.25, 0.3) is 0 Å². The van der Waals surface area contributed by atoms with Gasteiger partial charge in [-0.3, -0.25) is 0 Å². The van der Waals surface area contributed by atoms with Crippen molar-refractivity contribution in [1.29, 1.82) is 0 Å². The van der Waals surface area contributed by atoms with E-state index in [9.17, 15) is 0 Å². The van der Waals surface area contributed by atoms with E-state index in [-0.39, 0.29) is 0 Å². The monoisotopic (exact) mass is 240 g/mol. The molecule has 0 spiro atoms. The molecule has 1 fully saturated rings. The van der Waals surface area contributed by atoms with Crippen molar-refractivity contribution < 1.29 is 0 Å². The first-order valence-corrected chi connectivity index (χ1v) is 6.32. The Morgan fingerprint density at radius 3 is 2.56 bits per heavy atom. The molecule has 3 rings (SSSR count). The molecule has 4 heteroatoms. The SMILES string of the molecule is c1ccc(Nc2ccnc(N3CCCC3)n2)cc1. The minimum absolute atomic E-state index is 0.827. The Labute approximate surface area is 107 Å². The summed E-state index contributed by atoms with van der Waals surface area (Å²) >= 11 is 0. The van der Waals surface area contributed by atoms with Gasteiger partial charge in [0.05, 0.1) is 0 Å². The van der Waals surface area contributed by atoms with E-state index in [4.69, 9.17) is 0 Å². The number of hydrogen-bond acceptors (Lipinski definition) is 4. The number of aromatic nitrogens is 2. The highest BCUT2D eigenvalue weighted by atomic mass is 15.3. The van der Waals surface area contributed by atoms with Gasteiger partial charge in [-0.1, -0.05) is 18.2 Å². The van der Waals surface area contributed by atoms with Crippen LogP contribution in [0.1, 0.15) is 12.8 Å². The minimum atomic E-state index is 0.827. The highest BCUT2D eigenvalue weighted by molar-refractivity contribution is 5.56. The summed E-state index contributed by atoms with van der Waals surface area (Å²) < 4.78 is 0. The zero-order valence-corrected chi connectivity index (χ0v) is 10.2. The Bertz CT molecular complexity index is 506. The highest BCUT2D eigenvalue weighted by Gasteiger charge is 2.14. The molecule has 0 atom stereocenters. The molecule has 1 saturated heterocycles. The third-order valence-corrected chi connectivity index (χ3v) is 3.08. The zero-order valence-electron chi connectivity index (χ0n) is 10.2. The molecule has 0 saturated carbocycles. The van der Waals surface area contributed by atoms with Crippen molar-refractivity contribution in [3.8, 4) is 0 Å². The summed E-state index contributed by atoms with van der Waals surface area (Å²) in [4.78, 5) is 11.1. The summed E-state index contributed by atoms with van der Waals surface area (Å²) in [7, 11) is 0. The van der Waals surface area contributed by atoms with Crippen LogP contribution in [0.5, 0.6) is 0 Å². The van der Waals surface area contributed by atoms with E-state index in [1.54, 1.807) is 0 Å². The van der Waals surface area contributed by atoms with Gasteiger partial charge in [-0.2, -0.15) is 4.98 Å². The van der Waals surface area contributed by atoms with Crippen molar-refractivity contribution in [2.75, 3.05) is 23.3 Å². The summed E-state index contributed by atoms with van der Waals surface area (Å²) in [6.45, 7) is 2.13. The Morgan fingerprint density at radius 2 is 1.78 bits per heavy atom. The molecule has 0 aliphatic carbocycles. The molecule has 0 radical (unpaired) electrons. The van der Waals surface area contributed by atoms with Crippen LogP contribution in [0, 0.1) is 0 Å². The van der Waals surface area contributed by atoms with Gasteiger partial charge in [0.15, 0.2) is 0 Å². The van der Waals surface area contributed by atoms with E-state index in [2.05, 4.69) is 20.2 Å². The van der Waals surface area contributed by atoms with Gasteiger partial charge in [-0.05, 0) is 31.0 Å². The molecule has 0 bridgehead atoms. The summed E-state index contributed by atoms with van der Waals surface area (Å²) in [6.07, 6.45) is 4.28. The van der Waals surface area contributed by atoms with Gasteiger partial charge < -0.3 is 10.2 Å². The fourth-order valence-electron chi connectivity index (χ4n) is 2.16. The first kappa shape index (κ1) is 11.0. The average Bonchev–Trinajstić information content (AvgIpc) is 2.94. The lowest BCUT2D eigenvalue weighted by molar-refractivity contribution is 0.900. The molecule has 1 aliphatic rings. The Morgan fingerprint density at radius 1 is 1.00 bits per heavy atom. The standard InChI is InChI=1S/C14H16N4/c1-2-6-12(7-3-1)16-13-8-9-15-14(17-13)18-10-4-5-11-18/h1-3,6-9H,4-5,10-11H2,(H,15,16,17). The van der Waals surface area contributed by atoms with E-state index in [0.29, 0.717) is 0 Å². The molecule has 1 aromatic carbocycles. The number of hydrogen-bond donors (Lipinski definition) is 1. The first-order chi connectivity index (χ1) is 8.92. The molecule has 92 valence electrons. The van der Waals surface area contributed by atoms with Crippen molar-refractivity contribution in [3.63, 3.8) is 0 Å². The molecular formula is C14H16N4. The molecule has 1 N–H and O–H groups in total. The van der Waals surface area contributed by atoms with Gasteiger partial charge >= 0.3 is 0 Å². The second-order valence-electron chi connectivity index (χ2n) is 4.43. The quantitative estimate of drug-likeness (QED) is 0.895. The molecule has 4 nitrogen and oxygen atoms in total. The molecular weight excluding hydrogens is 224 g/mol. The molecule has 1 aromatic heterocycles. The number of rotatable bonds is 3.